The zero-order valence-electron chi connectivity index (χ0n) is 8.52. The molecular formula is C10H9ClFN3S. The van der Waals surface area contributed by atoms with Crippen molar-refractivity contribution in [3.63, 3.8) is 0 Å². The fraction of sp³-hybridized carbons (Fsp3) is 0.200. The second kappa shape index (κ2) is 4.76. The Morgan fingerprint density at radius 3 is 2.81 bits per heavy atom. The highest BCUT2D eigenvalue weighted by Crippen LogP contribution is 2.23. The Balaban J connectivity index is 2.18. The molecule has 2 rings (SSSR count). The summed E-state index contributed by atoms with van der Waals surface area (Å²) in [4.78, 5) is 1.75. The largest absolute Gasteiger partial charge is 0.366 e. The third-order valence-electron chi connectivity index (χ3n) is 2.16. The fourth-order valence-electron chi connectivity index (χ4n) is 1.36. The quantitative estimate of drug-likeness (QED) is 0.847. The average molecular weight is 258 g/mol. The second-order valence-corrected chi connectivity index (χ2v) is 4.66. The average Bonchev–Trinajstić information content (AvgIpc) is 2.65. The minimum Gasteiger partial charge on any atom is -0.366 e. The number of anilines is 1. The Hall–Kier alpha value is -1.20. The molecule has 0 amide bonds. The van der Waals surface area contributed by atoms with E-state index in [-0.39, 0.29) is 5.82 Å². The summed E-state index contributed by atoms with van der Waals surface area (Å²) in [5.74, 6) is -0.260. The summed E-state index contributed by atoms with van der Waals surface area (Å²) in [6.07, 6.45) is 0. The summed E-state index contributed by atoms with van der Waals surface area (Å²) < 4.78 is 17.7. The van der Waals surface area contributed by atoms with E-state index >= 15 is 0 Å². The summed E-state index contributed by atoms with van der Waals surface area (Å²) in [7, 11) is 1.79. The lowest BCUT2D eigenvalue weighted by Crippen LogP contribution is -2.18. The number of rotatable bonds is 3. The molecule has 84 valence electrons. The van der Waals surface area contributed by atoms with Crippen molar-refractivity contribution in [2.24, 2.45) is 0 Å². The Bertz CT molecular complexity index is 488. The van der Waals surface area contributed by atoms with Crippen LogP contribution >= 0.6 is 23.1 Å². The van der Waals surface area contributed by atoms with Crippen LogP contribution in [0.1, 0.15) is 5.69 Å². The van der Waals surface area contributed by atoms with Crippen LogP contribution in [-0.4, -0.2) is 16.6 Å². The lowest BCUT2D eigenvalue weighted by atomic mass is 10.3. The van der Waals surface area contributed by atoms with Crippen molar-refractivity contribution in [3.05, 3.63) is 40.1 Å². The first-order chi connectivity index (χ1) is 7.68. The van der Waals surface area contributed by atoms with E-state index in [1.54, 1.807) is 30.1 Å². The van der Waals surface area contributed by atoms with Crippen molar-refractivity contribution in [3.8, 4) is 0 Å². The van der Waals surface area contributed by atoms with Gasteiger partial charge in [0.05, 0.1) is 12.2 Å². The van der Waals surface area contributed by atoms with Crippen LogP contribution in [0.2, 0.25) is 4.34 Å². The number of hydrogen-bond acceptors (Lipinski definition) is 4. The van der Waals surface area contributed by atoms with Crippen LogP contribution in [0.3, 0.4) is 0 Å². The van der Waals surface area contributed by atoms with Gasteiger partial charge in [0.2, 0.25) is 0 Å². The van der Waals surface area contributed by atoms with E-state index in [2.05, 4.69) is 9.59 Å². The maximum atomic E-state index is 13.5. The van der Waals surface area contributed by atoms with E-state index in [4.69, 9.17) is 11.6 Å². The molecule has 0 unspecified atom stereocenters. The van der Waals surface area contributed by atoms with Crippen LogP contribution in [0.15, 0.2) is 24.3 Å². The third kappa shape index (κ3) is 2.31. The number of nitrogens with zero attached hydrogens (tertiary/aromatic N) is 3. The van der Waals surface area contributed by atoms with Crippen LogP contribution in [-0.2, 0) is 6.54 Å². The van der Waals surface area contributed by atoms with Gasteiger partial charge in [-0.05, 0) is 12.1 Å². The van der Waals surface area contributed by atoms with Gasteiger partial charge in [-0.2, -0.15) is 0 Å². The van der Waals surface area contributed by atoms with Crippen molar-refractivity contribution in [2.75, 3.05) is 11.9 Å². The molecule has 1 aromatic carbocycles. The fourth-order valence-corrected chi connectivity index (χ4v) is 1.97. The van der Waals surface area contributed by atoms with Gasteiger partial charge < -0.3 is 4.90 Å². The highest BCUT2D eigenvalue weighted by Gasteiger charge is 2.11. The molecule has 0 fully saturated rings. The Morgan fingerprint density at radius 1 is 1.44 bits per heavy atom. The molecule has 3 nitrogen and oxygen atoms in total. The Labute approximate surface area is 102 Å². The van der Waals surface area contributed by atoms with Gasteiger partial charge in [0.15, 0.2) is 0 Å². The van der Waals surface area contributed by atoms with Crippen LogP contribution in [0.5, 0.6) is 0 Å². The topological polar surface area (TPSA) is 29.0 Å². The summed E-state index contributed by atoms with van der Waals surface area (Å²) in [6, 6.07) is 6.58. The summed E-state index contributed by atoms with van der Waals surface area (Å²) in [5, 5.41) is 3.88. The van der Waals surface area contributed by atoms with Crippen LogP contribution < -0.4 is 4.90 Å². The SMILES string of the molecule is CN(Cc1nnsc1Cl)c1ccccc1F. The first kappa shape index (κ1) is 11.3. The van der Waals surface area contributed by atoms with E-state index < -0.39 is 0 Å². The molecule has 0 aliphatic carbocycles. The molecule has 0 aliphatic rings. The molecule has 0 N–H and O–H groups in total. The first-order valence-corrected chi connectivity index (χ1v) is 5.76. The number of benzene rings is 1. The third-order valence-corrected chi connectivity index (χ3v) is 3.14. The smallest absolute Gasteiger partial charge is 0.146 e. The minimum absolute atomic E-state index is 0.260. The molecule has 1 aromatic heterocycles. The van der Waals surface area contributed by atoms with Gasteiger partial charge in [0.1, 0.15) is 15.8 Å². The monoisotopic (exact) mass is 257 g/mol. The van der Waals surface area contributed by atoms with Gasteiger partial charge in [-0.3, -0.25) is 0 Å². The van der Waals surface area contributed by atoms with Gasteiger partial charge in [-0.15, -0.1) is 5.10 Å². The molecular weight excluding hydrogens is 249 g/mol. The van der Waals surface area contributed by atoms with E-state index in [1.807, 2.05) is 0 Å². The number of halogens is 2. The van der Waals surface area contributed by atoms with Crippen LogP contribution in [0.4, 0.5) is 10.1 Å². The summed E-state index contributed by atoms with van der Waals surface area (Å²) in [6.45, 7) is 0.441. The molecule has 16 heavy (non-hydrogen) atoms. The molecule has 6 heteroatoms. The number of aromatic nitrogens is 2. The minimum atomic E-state index is -0.260. The van der Waals surface area contributed by atoms with Crippen LogP contribution in [0.25, 0.3) is 0 Å². The second-order valence-electron chi connectivity index (χ2n) is 3.30. The van der Waals surface area contributed by atoms with Gasteiger partial charge in [-0.1, -0.05) is 28.2 Å². The predicted molar refractivity (Wildman–Crippen MR) is 63.4 cm³/mol. The van der Waals surface area contributed by atoms with E-state index in [9.17, 15) is 4.39 Å². The molecule has 0 aliphatic heterocycles. The maximum absolute atomic E-state index is 13.5. The molecule has 0 saturated heterocycles. The Kier molecular flexibility index (Phi) is 3.36. The van der Waals surface area contributed by atoms with Crippen molar-refractivity contribution in [1.29, 1.82) is 0 Å². The van der Waals surface area contributed by atoms with Gasteiger partial charge in [-0.25, -0.2) is 4.39 Å². The highest BCUT2D eigenvalue weighted by atomic mass is 35.5. The molecule has 0 radical (unpaired) electrons. The summed E-state index contributed by atoms with van der Waals surface area (Å²) >= 11 is 7.01. The normalized spacial score (nSPS) is 10.4. The molecule has 0 saturated carbocycles. The van der Waals surface area contributed by atoms with Gasteiger partial charge in [0.25, 0.3) is 0 Å². The first-order valence-electron chi connectivity index (χ1n) is 4.61. The number of para-hydroxylation sites is 1. The molecule has 1 heterocycles. The van der Waals surface area contributed by atoms with Crippen molar-refractivity contribution in [2.45, 2.75) is 6.54 Å². The predicted octanol–water partition coefficient (Wildman–Crippen LogP) is 2.97. The Morgan fingerprint density at radius 2 is 2.19 bits per heavy atom. The molecule has 2 aromatic rings. The van der Waals surface area contributed by atoms with Gasteiger partial charge in [0, 0.05) is 18.6 Å². The zero-order chi connectivity index (χ0) is 11.5. The lowest BCUT2D eigenvalue weighted by molar-refractivity contribution is 0.621. The van der Waals surface area contributed by atoms with Crippen molar-refractivity contribution >= 4 is 28.8 Å². The standard InChI is InChI=1S/C10H9ClFN3S/c1-15(6-8-10(11)16-14-13-8)9-5-3-2-4-7(9)12/h2-5H,6H2,1H3. The van der Waals surface area contributed by atoms with Gasteiger partial charge >= 0.3 is 0 Å². The van der Waals surface area contributed by atoms with E-state index in [0.29, 0.717) is 22.3 Å². The zero-order valence-corrected chi connectivity index (χ0v) is 10.1. The van der Waals surface area contributed by atoms with Crippen molar-refractivity contribution in [1.82, 2.24) is 9.59 Å². The van der Waals surface area contributed by atoms with E-state index in [0.717, 1.165) is 11.5 Å². The highest BCUT2D eigenvalue weighted by molar-refractivity contribution is 7.10. The number of hydrogen-bond donors (Lipinski definition) is 0. The molecule has 0 atom stereocenters. The van der Waals surface area contributed by atoms with Crippen LogP contribution in [0, 0.1) is 5.82 Å². The molecule has 0 bridgehead atoms. The molecule has 0 spiro atoms. The van der Waals surface area contributed by atoms with Crippen molar-refractivity contribution < 1.29 is 4.39 Å². The van der Waals surface area contributed by atoms with E-state index in [1.165, 1.54) is 6.07 Å². The lowest BCUT2D eigenvalue weighted by Gasteiger charge is -2.18. The maximum Gasteiger partial charge on any atom is 0.146 e. The summed E-state index contributed by atoms with van der Waals surface area (Å²) in [5.41, 5.74) is 1.18.